The first-order valence-electron chi connectivity index (χ1n) is 19.8. The number of hydrogen-bond donors (Lipinski definition) is 0. The molecule has 58 heavy (non-hydrogen) atoms. The summed E-state index contributed by atoms with van der Waals surface area (Å²) >= 11 is 1.88. The molecule has 1 nitrogen and oxygen atoms in total. The zero-order valence-corrected chi connectivity index (χ0v) is 32.3. The molecular weight excluding hydrogens is 721 g/mol. The maximum absolute atomic E-state index is 6.98. The topological polar surface area (TPSA) is 13.1 Å². The van der Waals surface area contributed by atoms with Gasteiger partial charge < -0.3 is 4.42 Å². The third kappa shape index (κ3) is 5.02. The monoisotopic (exact) mass is 754 g/mol. The molecule has 0 radical (unpaired) electrons. The average Bonchev–Trinajstić information content (AvgIpc) is 3.88. The van der Waals surface area contributed by atoms with Gasteiger partial charge in [-0.1, -0.05) is 182 Å². The van der Waals surface area contributed by atoms with Crippen LogP contribution in [-0.2, 0) is 0 Å². The van der Waals surface area contributed by atoms with Crippen molar-refractivity contribution in [2.75, 3.05) is 0 Å². The average molecular weight is 755 g/mol. The summed E-state index contributed by atoms with van der Waals surface area (Å²) in [6.45, 7) is 0. The van der Waals surface area contributed by atoms with Gasteiger partial charge in [0.2, 0.25) is 0 Å². The maximum Gasteiger partial charge on any atom is 0.143 e. The lowest BCUT2D eigenvalue weighted by molar-refractivity contribution is 0.632. The number of benzene rings is 10. The Hall–Kier alpha value is -7.26. The van der Waals surface area contributed by atoms with Crippen LogP contribution in [0.4, 0.5) is 0 Å². The van der Waals surface area contributed by atoms with Gasteiger partial charge in [-0.2, -0.15) is 0 Å². The van der Waals surface area contributed by atoms with Crippen LogP contribution in [-0.4, -0.2) is 0 Å². The summed E-state index contributed by atoms with van der Waals surface area (Å²) in [5.74, 6) is 0.881. The van der Waals surface area contributed by atoms with Crippen molar-refractivity contribution in [2.45, 2.75) is 0 Å². The molecule has 0 saturated heterocycles. The Morgan fingerprint density at radius 3 is 1.57 bits per heavy atom. The number of furan rings is 1. The summed E-state index contributed by atoms with van der Waals surface area (Å²) in [6, 6.07) is 75.0. The van der Waals surface area contributed by atoms with E-state index in [1.807, 2.05) is 11.3 Å². The van der Waals surface area contributed by atoms with E-state index in [-0.39, 0.29) is 0 Å². The largest absolute Gasteiger partial charge is 0.455 e. The molecule has 0 fully saturated rings. The summed E-state index contributed by atoms with van der Waals surface area (Å²) in [5.41, 5.74) is 11.5. The van der Waals surface area contributed by atoms with Crippen molar-refractivity contribution in [3.8, 4) is 55.8 Å². The highest BCUT2D eigenvalue weighted by Crippen LogP contribution is 2.52. The second kappa shape index (κ2) is 13.2. The SMILES string of the molecule is c1ccc(-c2ccccc2-c2oc3ccccc3c2-c2cc(-c3c4ccccc4c(-c4ccccc4)c4ccccc34)c3c(c2)sc2ccc4ccccc4c23)cc1. The van der Waals surface area contributed by atoms with Gasteiger partial charge >= 0.3 is 0 Å². The van der Waals surface area contributed by atoms with E-state index in [2.05, 4.69) is 206 Å². The minimum absolute atomic E-state index is 0.877. The van der Waals surface area contributed by atoms with Crippen molar-refractivity contribution in [1.29, 1.82) is 0 Å². The van der Waals surface area contributed by atoms with Gasteiger partial charge in [0.05, 0.1) is 0 Å². The molecule has 2 heteroatoms. The lowest BCUT2D eigenvalue weighted by Crippen LogP contribution is -1.92. The number of para-hydroxylation sites is 1. The standard InChI is InChI=1S/C56H34OS/c1-3-17-35(18-4-1)39-22-9-14-28-45(39)56-52(46-29-15-16-30-48(46)57-56)38-33-47(55-50(34-38)58-49-32-31-36-19-7-8-23-40(36)54(49)55)53-43-26-12-10-24-41(43)51(37-20-5-2-6-21-37)42-25-11-13-27-44(42)53/h1-34H. The van der Waals surface area contributed by atoms with E-state index in [0.717, 1.165) is 44.5 Å². The summed E-state index contributed by atoms with van der Waals surface area (Å²) in [5, 5.41) is 11.2. The fraction of sp³-hybridized carbons (Fsp3) is 0. The molecule has 0 saturated carbocycles. The number of hydrogen-bond acceptors (Lipinski definition) is 2. The van der Waals surface area contributed by atoms with Gasteiger partial charge in [0.15, 0.2) is 0 Å². The molecule has 2 aromatic heterocycles. The van der Waals surface area contributed by atoms with Gasteiger partial charge in [0.1, 0.15) is 11.3 Å². The van der Waals surface area contributed by atoms with Crippen LogP contribution < -0.4 is 0 Å². The van der Waals surface area contributed by atoms with E-state index in [4.69, 9.17) is 4.42 Å². The van der Waals surface area contributed by atoms with Crippen LogP contribution in [0, 0.1) is 0 Å². The second-order valence-corrected chi connectivity index (χ2v) is 16.2. The number of rotatable bonds is 5. The highest BCUT2D eigenvalue weighted by atomic mass is 32.1. The minimum atomic E-state index is 0.877. The summed E-state index contributed by atoms with van der Waals surface area (Å²) in [6.07, 6.45) is 0. The smallest absolute Gasteiger partial charge is 0.143 e. The van der Waals surface area contributed by atoms with Gasteiger partial charge in [-0.05, 0) is 95.5 Å². The molecule has 12 aromatic rings. The Morgan fingerprint density at radius 2 is 0.862 bits per heavy atom. The lowest BCUT2D eigenvalue weighted by atomic mass is 9.83. The lowest BCUT2D eigenvalue weighted by Gasteiger charge is -2.19. The molecule has 0 bridgehead atoms. The molecule has 0 unspecified atom stereocenters. The molecule has 0 aliphatic rings. The van der Waals surface area contributed by atoms with Crippen LogP contribution in [0.25, 0.3) is 119 Å². The van der Waals surface area contributed by atoms with Crippen LogP contribution in [0.3, 0.4) is 0 Å². The van der Waals surface area contributed by atoms with Gasteiger partial charge in [-0.3, -0.25) is 0 Å². The molecule has 0 atom stereocenters. The summed E-state index contributed by atoms with van der Waals surface area (Å²) in [7, 11) is 0. The maximum atomic E-state index is 6.98. The van der Waals surface area contributed by atoms with Crippen LogP contribution >= 0.6 is 11.3 Å². The predicted octanol–water partition coefficient (Wildman–Crippen LogP) is 16.6. The summed E-state index contributed by atoms with van der Waals surface area (Å²) in [4.78, 5) is 0. The molecule has 0 amide bonds. The third-order valence-corrected chi connectivity index (χ3v) is 13.0. The number of fused-ring (bicyclic) bond motifs is 8. The number of thiophene rings is 1. The first kappa shape index (κ1) is 32.9. The van der Waals surface area contributed by atoms with Crippen molar-refractivity contribution in [3.05, 3.63) is 206 Å². The minimum Gasteiger partial charge on any atom is -0.455 e. The van der Waals surface area contributed by atoms with Crippen LogP contribution in [0.15, 0.2) is 211 Å². The van der Waals surface area contributed by atoms with E-state index in [1.54, 1.807) is 0 Å². The molecule has 0 N–H and O–H groups in total. The third-order valence-electron chi connectivity index (χ3n) is 11.9. The molecule has 270 valence electrons. The molecular formula is C56H34OS. The quantitative estimate of drug-likeness (QED) is 0.160. The Bertz CT molecular complexity index is 3500. The van der Waals surface area contributed by atoms with Crippen LogP contribution in [0.2, 0.25) is 0 Å². The predicted molar refractivity (Wildman–Crippen MR) is 249 cm³/mol. The zero-order chi connectivity index (χ0) is 38.2. The van der Waals surface area contributed by atoms with Gasteiger partial charge in [-0.25, -0.2) is 0 Å². The van der Waals surface area contributed by atoms with E-state index in [0.29, 0.717) is 0 Å². The fourth-order valence-electron chi connectivity index (χ4n) is 9.41. The molecule has 0 aliphatic heterocycles. The van der Waals surface area contributed by atoms with Crippen molar-refractivity contribution in [3.63, 3.8) is 0 Å². The first-order valence-corrected chi connectivity index (χ1v) is 20.7. The van der Waals surface area contributed by atoms with Crippen LogP contribution in [0.1, 0.15) is 0 Å². The molecule has 2 heterocycles. The van der Waals surface area contributed by atoms with Gasteiger partial charge in [0, 0.05) is 36.7 Å². The Kier molecular flexibility index (Phi) is 7.47. The van der Waals surface area contributed by atoms with Gasteiger partial charge in [-0.15, -0.1) is 11.3 Å². The van der Waals surface area contributed by atoms with E-state index in [1.165, 1.54) is 74.7 Å². The molecule has 10 aromatic carbocycles. The van der Waals surface area contributed by atoms with E-state index >= 15 is 0 Å². The Labute approximate surface area is 339 Å². The van der Waals surface area contributed by atoms with E-state index in [9.17, 15) is 0 Å². The highest BCUT2D eigenvalue weighted by Gasteiger charge is 2.25. The Balaban J connectivity index is 1.26. The highest BCUT2D eigenvalue weighted by molar-refractivity contribution is 7.26. The fourth-order valence-corrected chi connectivity index (χ4v) is 10.6. The van der Waals surface area contributed by atoms with Crippen molar-refractivity contribution >= 4 is 74.8 Å². The van der Waals surface area contributed by atoms with Crippen molar-refractivity contribution in [1.82, 2.24) is 0 Å². The zero-order valence-electron chi connectivity index (χ0n) is 31.4. The van der Waals surface area contributed by atoms with Crippen LogP contribution in [0.5, 0.6) is 0 Å². The Morgan fingerprint density at radius 1 is 0.310 bits per heavy atom. The van der Waals surface area contributed by atoms with Crippen molar-refractivity contribution < 1.29 is 4.42 Å². The molecule has 12 rings (SSSR count). The normalized spacial score (nSPS) is 11.8. The second-order valence-electron chi connectivity index (χ2n) is 15.1. The summed E-state index contributed by atoms with van der Waals surface area (Å²) < 4.78 is 9.53. The van der Waals surface area contributed by atoms with Crippen molar-refractivity contribution in [2.24, 2.45) is 0 Å². The molecule has 0 spiro atoms. The first-order chi connectivity index (χ1) is 28.8. The van der Waals surface area contributed by atoms with Gasteiger partial charge in [0.25, 0.3) is 0 Å². The molecule has 0 aliphatic carbocycles. The van der Waals surface area contributed by atoms with E-state index < -0.39 is 0 Å².